The first-order chi connectivity index (χ1) is 13.9. The Labute approximate surface area is 173 Å². The molecule has 29 heavy (non-hydrogen) atoms. The zero-order valence-corrected chi connectivity index (χ0v) is 17.2. The first-order valence-electron chi connectivity index (χ1n) is 9.44. The third kappa shape index (κ3) is 4.64. The monoisotopic (exact) mass is 379 g/mol. The molecule has 144 valence electrons. The lowest BCUT2D eigenvalue weighted by molar-refractivity contribution is 1.27. The van der Waals surface area contributed by atoms with Crippen LogP contribution in [0.15, 0.2) is 93.5 Å². The Morgan fingerprint density at radius 1 is 0.897 bits per heavy atom. The van der Waals surface area contributed by atoms with Crippen LogP contribution in [-0.2, 0) is 0 Å². The maximum Gasteiger partial charge on any atom is 0.0707 e. The first kappa shape index (κ1) is 20.2. The quantitative estimate of drug-likeness (QED) is 0.508. The molecule has 2 aromatic carbocycles. The van der Waals surface area contributed by atoms with Crippen molar-refractivity contribution in [3.63, 3.8) is 0 Å². The summed E-state index contributed by atoms with van der Waals surface area (Å²) in [5.74, 6) is 0. The van der Waals surface area contributed by atoms with Gasteiger partial charge in [0.25, 0.3) is 0 Å². The van der Waals surface area contributed by atoms with Gasteiger partial charge in [-0.3, -0.25) is 9.98 Å². The minimum Gasteiger partial charge on any atom is -0.264 e. The van der Waals surface area contributed by atoms with Crippen LogP contribution in [0.4, 0.5) is 11.4 Å². The van der Waals surface area contributed by atoms with Crippen molar-refractivity contribution >= 4 is 36.1 Å². The van der Waals surface area contributed by atoms with Crippen LogP contribution < -0.4 is 0 Å². The van der Waals surface area contributed by atoms with Crippen molar-refractivity contribution in [2.24, 2.45) is 15.0 Å². The highest BCUT2D eigenvalue weighted by atomic mass is 14.8. The molecule has 2 aromatic rings. The molecule has 0 aromatic heterocycles. The normalized spacial score (nSPS) is 15.4. The molecule has 0 atom stereocenters. The van der Waals surface area contributed by atoms with E-state index in [-0.39, 0.29) is 0 Å². The number of benzene rings is 2. The number of hydrogen-bond donors (Lipinski definition) is 0. The lowest BCUT2D eigenvalue weighted by atomic mass is 9.99. The number of allylic oxidation sites excluding steroid dienone is 4. The van der Waals surface area contributed by atoms with Crippen LogP contribution in [0.5, 0.6) is 0 Å². The highest BCUT2D eigenvalue weighted by Gasteiger charge is 2.12. The SMILES string of the molecule is C=Cc1cccc(C=NC2=CC(=C)C(=Nc3cc(C)c(N=C)cc3C)C=C2C)c1. The summed E-state index contributed by atoms with van der Waals surface area (Å²) in [5, 5.41) is 0. The van der Waals surface area contributed by atoms with Crippen molar-refractivity contribution in [1.82, 2.24) is 0 Å². The van der Waals surface area contributed by atoms with Gasteiger partial charge in [0, 0.05) is 6.21 Å². The van der Waals surface area contributed by atoms with E-state index in [0.717, 1.165) is 56.2 Å². The van der Waals surface area contributed by atoms with Crippen molar-refractivity contribution in [3.8, 4) is 0 Å². The van der Waals surface area contributed by atoms with Crippen LogP contribution in [0.25, 0.3) is 6.08 Å². The Kier molecular flexibility index (Phi) is 5.99. The van der Waals surface area contributed by atoms with Gasteiger partial charge in [-0.25, -0.2) is 4.99 Å². The van der Waals surface area contributed by atoms with Crippen LogP contribution in [0.1, 0.15) is 29.2 Å². The van der Waals surface area contributed by atoms with Gasteiger partial charge in [-0.2, -0.15) is 0 Å². The van der Waals surface area contributed by atoms with Crippen molar-refractivity contribution in [1.29, 1.82) is 0 Å². The van der Waals surface area contributed by atoms with Gasteiger partial charge in [0.15, 0.2) is 0 Å². The Hall–Kier alpha value is -3.59. The molecular weight excluding hydrogens is 354 g/mol. The van der Waals surface area contributed by atoms with E-state index in [1.165, 1.54) is 0 Å². The summed E-state index contributed by atoms with van der Waals surface area (Å²) in [5.41, 5.74) is 9.62. The predicted molar refractivity (Wildman–Crippen MR) is 127 cm³/mol. The first-order valence-corrected chi connectivity index (χ1v) is 9.44. The van der Waals surface area contributed by atoms with Crippen molar-refractivity contribution < 1.29 is 0 Å². The third-order valence-electron chi connectivity index (χ3n) is 4.82. The molecule has 0 amide bonds. The molecule has 1 aliphatic carbocycles. The molecule has 3 heteroatoms. The lowest BCUT2D eigenvalue weighted by Gasteiger charge is -2.14. The van der Waals surface area contributed by atoms with Crippen LogP contribution in [0, 0.1) is 13.8 Å². The molecule has 0 unspecified atom stereocenters. The summed E-state index contributed by atoms with van der Waals surface area (Å²) >= 11 is 0. The van der Waals surface area contributed by atoms with E-state index in [2.05, 4.69) is 29.9 Å². The van der Waals surface area contributed by atoms with E-state index in [0.29, 0.717) is 0 Å². The minimum atomic E-state index is 0.838. The van der Waals surface area contributed by atoms with E-state index in [9.17, 15) is 0 Å². The van der Waals surface area contributed by atoms with Crippen LogP contribution >= 0.6 is 0 Å². The number of rotatable bonds is 5. The number of hydrogen-bond acceptors (Lipinski definition) is 3. The van der Waals surface area contributed by atoms with Crippen LogP contribution in [0.2, 0.25) is 0 Å². The van der Waals surface area contributed by atoms with E-state index >= 15 is 0 Å². The van der Waals surface area contributed by atoms with Crippen molar-refractivity contribution in [2.75, 3.05) is 0 Å². The average Bonchev–Trinajstić information content (AvgIpc) is 2.71. The maximum atomic E-state index is 4.83. The Balaban J connectivity index is 1.88. The number of aliphatic imine (C=N–C) groups is 3. The highest BCUT2D eigenvalue weighted by molar-refractivity contribution is 6.13. The molecule has 0 fully saturated rings. The number of nitrogens with zero attached hydrogens (tertiary/aromatic N) is 3. The lowest BCUT2D eigenvalue weighted by Crippen LogP contribution is -2.04. The summed E-state index contributed by atoms with van der Waals surface area (Å²) in [6.07, 6.45) is 7.70. The largest absolute Gasteiger partial charge is 0.264 e. The Morgan fingerprint density at radius 3 is 2.31 bits per heavy atom. The van der Waals surface area contributed by atoms with Gasteiger partial charge < -0.3 is 0 Å². The van der Waals surface area contributed by atoms with Gasteiger partial charge in [0.05, 0.1) is 22.8 Å². The molecule has 0 bridgehead atoms. The molecule has 0 aliphatic heterocycles. The van der Waals surface area contributed by atoms with Crippen molar-refractivity contribution in [3.05, 3.63) is 101 Å². The molecule has 0 radical (unpaired) electrons. The fourth-order valence-electron chi connectivity index (χ4n) is 3.08. The topological polar surface area (TPSA) is 37.1 Å². The third-order valence-corrected chi connectivity index (χ3v) is 4.82. The minimum absolute atomic E-state index is 0.838. The van der Waals surface area contributed by atoms with Gasteiger partial charge in [-0.1, -0.05) is 37.4 Å². The molecule has 1 aliphatic rings. The molecule has 0 heterocycles. The second kappa shape index (κ2) is 8.61. The fourth-order valence-corrected chi connectivity index (χ4v) is 3.08. The molecule has 3 rings (SSSR count). The standard InChI is InChI=1S/C26H25N3/c1-7-21-9-8-10-22(15-21)16-28-24-12-20(5)26(14-18(24)3)29-25-13-17(2)23(27-6)11-19(25)4/h7-16H,1,5-6H2,2-4H3. The van der Waals surface area contributed by atoms with Gasteiger partial charge in [-0.05, 0) is 91.2 Å². The predicted octanol–water partition coefficient (Wildman–Crippen LogP) is 6.87. The second-order valence-corrected chi connectivity index (χ2v) is 7.09. The maximum absolute atomic E-state index is 4.83. The van der Waals surface area contributed by atoms with E-state index in [1.807, 2.05) is 81.6 Å². The fraction of sp³-hybridized carbons (Fsp3) is 0.115. The number of aryl methyl sites for hydroxylation is 2. The van der Waals surface area contributed by atoms with Gasteiger partial charge in [-0.15, -0.1) is 0 Å². The molecular formula is C26H25N3. The summed E-state index contributed by atoms with van der Waals surface area (Å²) in [6.45, 7) is 17.7. The van der Waals surface area contributed by atoms with E-state index in [4.69, 9.17) is 4.99 Å². The van der Waals surface area contributed by atoms with E-state index in [1.54, 1.807) is 0 Å². The molecule has 3 nitrogen and oxygen atoms in total. The molecule has 0 saturated carbocycles. The van der Waals surface area contributed by atoms with Crippen LogP contribution in [-0.4, -0.2) is 18.6 Å². The van der Waals surface area contributed by atoms with E-state index < -0.39 is 0 Å². The van der Waals surface area contributed by atoms with Gasteiger partial charge >= 0.3 is 0 Å². The highest BCUT2D eigenvalue weighted by Crippen LogP contribution is 2.30. The van der Waals surface area contributed by atoms with Crippen molar-refractivity contribution in [2.45, 2.75) is 20.8 Å². The van der Waals surface area contributed by atoms with Crippen LogP contribution in [0.3, 0.4) is 0 Å². The zero-order valence-electron chi connectivity index (χ0n) is 17.2. The summed E-state index contributed by atoms with van der Waals surface area (Å²) in [4.78, 5) is 13.5. The van der Waals surface area contributed by atoms with Gasteiger partial charge in [0.2, 0.25) is 0 Å². The van der Waals surface area contributed by atoms with Gasteiger partial charge in [0.1, 0.15) is 0 Å². The molecule has 0 saturated heterocycles. The summed E-state index contributed by atoms with van der Waals surface area (Å²) in [7, 11) is 0. The smallest absolute Gasteiger partial charge is 0.0707 e. The Morgan fingerprint density at radius 2 is 1.59 bits per heavy atom. The molecule has 0 spiro atoms. The average molecular weight is 380 g/mol. The molecule has 0 N–H and O–H groups in total. The second-order valence-electron chi connectivity index (χ2n) is 7.09. The zero-order chi connectivity index (χ0) is 21.0. The summed E-state index contributed by atoms with van der Waals surface area (Å²) in [6, 6.07) is 12.1. The Bertz CT molecular complexity index is 1120. The summed E-state index contributed by atoms with van der Waals surface area (Å²) < 4.78 is 0.